The van der Waals surface area contributed by atoms with E-state index >= 15 is 0 Å². The molecule has 1 atom stereocenters. The highest BCUT2D eigenvalue weighted by atomic mass is 16.2. The number of rotatable bonds is 4. The SMILES string of the molecule is CCC(C#N)C(=O)N(C)c1ccc(C(C)C)cc1. The van der Waals surface area contributed by atoms with Crippen LogP contribution >= 0.6 is 0 Å². The third-order valence-corrected chi connectivity index (χ3v) is 3.14. The van der Waals surface area contributed by atoms with Crippen LogP contribution in [0.2, 0.25) is 0 Å². The van der Waals surface area contributed by atoms with E-state index in [1.807, 2.05) is 37.3 Å². The Morgan fingerprint density at radius 1 is 1.33 bits per heavy atom. The average Bonchev–Trinajstić information content (AvgIpc) is 2.39. The van der Waals surface area contributed by atoms with Crippen molar-refractivity contribution < 1.29 is 4.79 Å². The Morgan fingerprint density at radius 3 is 2.28 bits per heavy atom. The predicted octanol–water partition coefficient (Wildman–Crippen LogP) is 3.32. The quantitative estimate of drug-likeness (QED) is 0.815. The molecule has 0 spiro atoms. The van der Waals surface area contributed by atoms with Gasteiger partial charge in [-0.15, -0.1) is 0 Å². The van der Waals surface area contributed by atoms with Crippen molar-refractivity contribution in [3.05, 3.63) is 29.8 Å². The van der Waals surface area contributed by atoms with Gasteiger partial charge in [0.15, 0.2) is 0 Å². The summed E-state index contributed by atoms with van der Waals surface area (Å²) < 4.78 is 0. The fourth-order valence-electron chi connectivity index (χ4n) is 1.76. The second-order valence-corrected chi connectivity index (χ2v) is 4.73. The molecular formula is C15H20N2O. The molecule has 3 heteroatoms. The van der Waals surface area contributed by atoms with E-state index in [0.29, 0.717) is 12.3 Å². The Labute approximate surface area is 109 Å². The molecule has 18 heavy (non-hydrogen) atoms. The van der Waals surface area contributed by atoms with E-state index in [1.165, 1.54) is 5.56 Å². The first-order valence-corrected chi connectivity index (χ1v) is 6.28. The summed E-state index contributed by atoms with van der Waals surface area (Å²) in [5.74, 6) is -0.223. The zero-order valence-corrected chi connectivity index (χ0v) is 11.5. The van der Waals surface area contributed by atoms with E-state index in [-0.39, 0.29) is 5.91 Å². The van der Waals surface area contributed by atoms with Crippen molar-refractivity contribution in [2.45, 2.75) is 33.1 Å². The lowest BCUT2D eigenvalue weighted by Gasteiger charge is -2.20. The normalized spacial score (nSPS) is 12.0. The second-order valence-electron chi connectivity index (χ2n) is 4.73. The summed E-state index contributed by atoms with van der Waals surface area (Å²) in [5, 5.41) is 8.91. The number of carbonyl (C=O) groups is 1. The van der Waals surface area contributed by atoms with Crippen LogP contribution in [-0.2, 0) is 4.79 Å². The lowest BCUT2D eigenvalue weighted by molar-refractivity contribution is -0.120. The number of carbonyl (C=O) groups excluding carboxylic acids is 1. The largest absolute Gasteiger partial charge is 0.314 e. The van der Waals surface area contributed by atoms with Crippen LogP contribution in [0.4, 0.5) is 5.69 Å². The highest BCUT2D eigenvalue weighted by molar-refractivity contribution is 5.95. The third kappa shape index (κ3) is 3.10. The van der Waals surface area contributed by atoms with Gasteiger partial charge in [0.2, 0.25) is 5.91 Å². The number of amides is 1. The lowest BCUT2D eigenvalue weighted by atomic mass is 10.0. The van der Waals surface area contributed by atoms with Gasteiger partial charge in [0, 0.05) is 12.7 Å². The number of anilines is 1. The van der Waals surface area contributed by atoms with Gasteiger partial charge < -0.3 is 4.90 Å². The van der Waals surface area contributed by atoms with E-state index < -0.39 is 5.92 Å². The van der Waals surface area contributed by atoms with Gasteiger partial charge in [-0.2, -0.15) is 5.26 Å². The third-order valence-electron chi connectivity index (χ3n) is 3.14. The first kappa shape index (κ1) is 14.2. The van der Waals surface area contributed by atoms with Crippen LogP contribution in [0, 0.1) is 17.2 Å². The molecule has 0 N–H and O–H groups in total. The van der Waals surface area contributed by atoms with Crippen molar-refractivity contribution >= 4 is 11.6 Å². The monoisotopic (exact) mass is 244 g/mol. The predicted molar refractivity (Wildman–Crippen MR) is 73.3 cm³/mol. The van der Waals surface area contributed by atoms with E-state index in [9.17, 15) is 4.79 Å². The summed E-state index contributed by atoms with van der Waals surface area (Å²) >= 11 is 0. The maximum atomic E-state index is 12.0. The van der Waals surface area contributed by atoms with Crippen molar-refractivity contribution in [1.29, 1.82) is 5.26 Å². The van der Waals surface area contributed by atoms with Crippen LogP contribution < -0.4 is 4.90 Å². The Morgan fingerprint density at radius 2 is 1.89 bits per heavy atom. The first-order valence-electron chi connectivity index (χ1n) is 6.28. The van der Waals surface area contributed by atoms with Crippen molar-refractivity contribution in [3.8, 4) is 6.07 Å². The van der Waals surface area contributed by atoms with Gasteiger partial charge in [0.05, 0.1) is 6.07 Å². The Hall–Kier alpha value is -1.82. The molecule has 3 nitrogen and oxygen atoms in total. The van der Waals surface area contributed by atoms with Crippen LogP contribution in [0.5, 0.6) is 0 Å². The second kappa shape index (κ2) is 6.20. The molecule has 0 aromatic heterocycles. The summed E-state index contributed by atoms with van der Waals surface area (Å²) in [7, 11) is 1.71. The van der Waals surface area contributed by atoms with E-state index in [1.54, 1.807) is 11.9 Å². The maximum absolute atomic E-state index is 12.0. The zero-order valence-electron chi connectivity index (χ0n) is 11.5. The van der Waals surface area contributed by atoms with Gasteiger partial charge >= 0.3 is 0 Å². The minimum atomic E-state index is -0.556. The maximum Gasteiger partial charge on any atom is 0.244 e. The molecule has 0 saturated heterocycles. The molecule has 0 heterocycles. The van der Waals surface area contributed by atoms with Gasteiger partial charge in [-0.25, -0.2) is 0 Å². The number of nitriles is 1. The zero-order chi connectivity index (χ0) is 13.7. The smallest absolute Gasteiger partial charge is 0.244 e. The van der Waals surface area contributed by atoms with E-state index in [4.69, 9.17) is 5.26 Å². The molecule has 0 radical (unpaired) electrons. The highest BCUT2D eigenvalue weighted by Crippen LogP contribution is 2.20. The Kier molecular flexibility index (Phi) is 4.91. The minimum absolute atomic E-state index is 0.141. The van der Waals surface area contributed by atoms with Crippen molar-refractivity contribution in [3.63, 3.8) is 0 Å². The lowest BCUT2D eigenvalue weighted by Crippen LogP contribution is -2.31. The number of benzene rings is 1. The van der Waals surface area contributed by atoms with Gasteiger partial charge in [-0.3, -0.25) is 4.79 Å². The van der Waals surface area contributed by atoms with Gasteiger partial charge in [-0.05, 0) is 30.0 Å². The number of hydrogen-bond acceptors (Lipinski definition) is 2. The van der Waals surface area contributed by atoms with Crippen LogP contribution in [0.3, 0.4) is 0 Å². The van der Waals surface area contributed by atoms with Crippen LogP contribution in [-0.4, -0.2) is 13.0 Å². The Bertz CT molecular complexity index is 443. The molecule has 1 unspecified atom stereocenters. The van der Waals surface area contributed by atoms with Gasteiger partial charge in [-0.1, -0.05) is 32.9 Å². The van der Waals surface area contributed by atoms with E-state index in [0.717, 1.165) is 5.69 Å². The minimum Gasteiger partial charge on any atom is -0.314 e. The van der Waals surface area contributed by atoms with Gasteiger partial charge in [0.25, 0.3) is 0 Å². The molecule has 0 aliphatic heterocycles. The molecule has 0 bridgehead atoms. The van der Waals surface area contributed by atoms with Crippen LogP contribution in [0.25, 0.3) is 0 Å². The summed E-state index contributed by atoms with van der Waals surface area (Å²) in [6.07, 6.45) is 0.545. The molecule has 0 fully saturated rings. The first-order chi connectivity index (χ1) is 8.51. The molecule has 1 aromatic carbocycles. The summed E-state index contributed by atoms with van der Waals surface area (Å²) in [6.45, 7) is 6.11. The van der Waals surface area contributed by atoms with Crippen molar-refractivity contribution in [2.24, 2.45) is 5.92 Å². The van der Waals surface area contributed by atoms with Gasteiger partial charge in [0.1, 0.15) is 5.92 Å². The molecule has 1 aromatic rings. The molecule has 0 aliphatic carbocycles. The summed E-state index contributed by atoms with van der Waals surface area (Å²) in [5.41, 5.74) is 2.07. The molecule has 1 amide bonds. The Balaban J connectivity index is 2.88. The van der Waals surface area contributed by atoms with Crippen molar-refractivity contribution in [1.82, 2.24) is 0 Å². The number of nitrogens with zero attached hydrogens (tertiary/aromatic N) is 2. The highest BCUT2D eigenvalue weighted by Gasteiger charge is 2.20. The number of hydrogen-bond donors (Lipinski definition) is 0. The summed E-state index contributed by atoms with van der Waals surface area (Å²) in [6, 6.07) is 9.95. The van der Waals surface area contributed by atoms with Crippen LogP contribution in [0.15, 0.2) is 24.3 Å². The van der Waals surface area contributed by atoms with Crippen LogP contribution in [0.1, 0.15) is 38.7 Å². The van der Waals surface area contributed by atoms with Crippen molar-refractivity contribution in [2.75, 3.05) is 11.9 Å². The molecule has 96 valence electrons. The summed E-state index contributed by atoms with van der Waals surface area (Å²) in [4.78, 5) is 13.6. The van der Waals surface area contributed by atoms with E-state index in [2.05, 4.69) is 13.8 Å². The standard InChI is InChI=1S/C15H20N2O/c1-5-12(10-16)15(18)17(4)14-8-6-13(7-9-14)11(2)3/h6-9,11-12H,5H2,1-4H3. The molecule has 1 rings (SSSR count). The molecule has 0 saturated carbocycles. The molecule has 0 aliphatic rings. The fraction of sp³-hybridized carbons (Fsp3) is 0.467. The average molecular weight is 244 g/mol. The molecular weight excluding hydrogens is 224 g/mol. The topological polar surface area (TPSA) is 44.1 Å². The fourth-order valence-corrected chi connectivity index (χ4v) is 1.76.